The first-order valence-electron chi connectivity index (χ1n) is 7.95. The van der Waals surface area contributed by atoms with Crippen LogP contribution in [0.25, 0.3) is 5.78 Å². The molecule has 0 aromatic carbocycles. The fraction of sp³-hybridized carbons (Fsp3) is 0.353. The van der Waals surface area contributed by atoms with E-state index >= 15 is 0 Å². The summed E-state index contributed by atoms with van der Waals surface area (Å²) in [6.07, 6.45) is 10.1. The van der Waals surface area contributed by atoms with Crippen molar-refractivity contribution in [1.29, 1.82) is 0 Å². The lowest BCUT2D eigenvalue weighted by Gasteiger charge is -2.23. The first-order chi connectivity index (χ1) is 11.3. The van der Waals surface area contributed by atoms with Crippen molar-refractivity contribution in [2.75, 3.05) is 0 Å². The molecule has 23 heavy (non-hydrogen) atoms. The van der Waals surface area contributed by atoms with Crippen LogP contribution in [0.3, 0.4) is 0 Å². The van der Waals surface area contributed by atoms with Crippen LogP contribution in [0, 0.1) is 5.92 Å². The highest BCUT2D eigenvalue weighted by Crippen LogP contribution is 2.37. The molecule has 5 nitrogen and oxygen atoms in total. The van der Waals surface area contributed by atoms with E-state index in [1.165, 1.54) is 30.6 Å². The summed E-state index contributed by atoms with van der Waals surface area (Å²) in [6, 6.07) is 6.06. The van der Waals surface area contributed by atoms with Gasteiger partial charge >= 0.3 is 0 Å². The third-order valence-electron chi connectivity index (χ3n) is 4.48. The molecule has 3 heterocycles. The smallest absolute Gasteiger partial charge is 0.272 e. The van der Waals surface area contributed by atoms with Crippen LogP contribution in [0.4, 0.5) is 0 Å². The zero-order valence-corrected chi connectivity index (χ0v) is 13.5. The van der Waals surface area contributed by atoms with Gasteiger partial charge in [0.2, 0.25) is 5.78 Å². The van der Waals surface area contributed by atoms with Crippen LogP contribution in [0.5, 0.6) is 0 Å². The lowest BCUT2D eigenvalue weighted by Crippen LogP contribution is -2.32. The van der Waals surface area contributed by atoms with Gasteiger partial charge in [-0.05, 0) is 36.3 Å². The molecule has 3 aromatic heterocycles. The first-order valence-corrected chi connectivity index (χ1v) is 8.83. The van der Waals surface area contributed by atoms with Crippen LogP contribution >= 0.6 is 11.3 Å². The summed E-state index contributed by atoms with van der Waals surface area (Å²) in [5, 5.41) is 5.27. The Balaban J connectivity index is 1.59. The largest absolute Gasteiger partial charge is 0.343 e. The summed E-state index contributed by atoms with van der Waals surface area (Å²) in [7, 11) is 0. The van der Waals surface area contributed by atoms with E-state index in [2.05, 4.69) is 26.7 Å². The Morgan fingerprint density at radius 2 is 2.22 bits per heavy atom. The van der Waals surface area contributed by atoms with Crippen molar-refractivity contribution in [3.05, 3.63) is 52.7 Å². The third kappa shape index (κ3) is 2.86. The summed E-state index contributed by atoms with van der Waals surface area (Å²) in [4.78, 5) is 22.4. The minimum absolute atomic E-state index is 0.0859. The summed E-state index contributed by atoms with van der Waals surface area (Å²) < 4.78 is 1.77. The van der Waals surface area contributed by atoms with Crippen LogP contribution < -0.4 is 5.32 Å². The SMILES string of the molecule is O=C(NC(c1cccs1)C1CCCC1)c1cn2cccnc2n1. The summed E-state index contributed by atoms with van der Waals surface area (Å²) >= 11 is 1.71. The maximum atomic E-state index is 12.7. The van der Waals surface area contributed by atoms with Crippen molar-refractivity contribution in [1.82, 2.24) is 19.7 Å². The lowest BCUT2D eigenvalue weighted by atomic mass is 9.96. The first kappa shape index (κ1) is 14.4. The Morgan fingerprint density at radius 1 is 1.35 bits per heavy atom. The number of hydrogen-bond acceptors (Lipinski definition) is 4. The topological polar surface area (TPSA) is 59.3 Å². The van der Waals surface area contributed by atoms with Crippen molar-refractivity contribution in [2.24, 2.45) is 5.92 Å². The number of nitrogens with one attached hydrogen (secondary N) is 1. The Bertz CT molecular complexity index is 772. The Hall–Kier alpha value is -2.21. The highest BCUT2D eigenvalue weighted by Gasteiger charge is 2.29. The van der Waals surface area contributed by atoms with Gasteiger partial charge in [0.25, 0.3) is 5.91 Å². The van der Waals surface area contributed by atoms with E-state index in [0.717, 1.165) is 0 Å². The normalized spacial score (nSPS) is 16.7. The monoisotopic (exact) mass is 326 g/mol. The molecule has 4 rings (SSSR count). The summed E-state index contributed by atoms with van der Waals surface area (Å²) in [6.45, 7) is 0. The minimum atomic E-state index is -0.124. The highest BCUT2D eigenvalue weighted by molar-refractivity contribution is 7.10. The number of carbonyl (C=O) groups excluding carboxylic acids is 1. The number of rotatable bonds is 4. The van der Waals surface area contributed by atoms with E-state index in [9.17, 15) is 4.79 Å². The van der Waals surface area contributed by atoms with Gasteiger partial charge in [-0.2, -0.15) is 0 Å². The van der Waals surface area contributed by atoms with Crippen LogP contribution in [0.15, 0.2) is 42.2 Å². The van der Waals surface area contributed by atoms with Gasteiger partial charge in [0.15, 0.2) is 0 Å². The Kier molecular flexibility index (Phi) is 3.83. The third-order valence-corrected chi connectivity index (χ3v) is 5.43. The standard InChI is InChI=1S/C17H18N4OS/c22-16(13-11-21-9-4-8-18-17(21)19-13)20-15(12-5-1-2-6-12)14-7-3-10-23-14/h3-4,7-12,15H,1-2,5-6H2,(H,20,22). The zero-order chi connectivity index (χ0) is 15.6. The molecule has 3 aromatic rings. The lowest BCUT2D eigenvalue weighted by molar-refractivity contribution is 0.0918. The van der Waals surface area contributed by atoms with Crippen LogP contribution in [0.2, 0.25) is 0 Å². The Labute approximate surface area is 138 Å². The molecule has 0 aliphatic heterocycles. The molecule has 1 amide bonds. The highest BCUT2D eigenvalue weighted by atomic mass is 32.1. The van der Waals surface area contributed by atoms with Crippen molar-refractivity contribution in [2.45, 2.75) is 31.7 Å². The average Bonchev–Trinajstić information content (AvgIpc) is 3.33. The van der Waals surface area contributed by atoms with Crippen LogP contribution in [0.1, 0.15) is 47.1 Å². The van der Waals surface area contributed by atoms with Crippen molar-refractivity contribution >= 4 is 23.0 Å². The van der Waals surface area contributed by atoms with Crippen LogP contribution in [-0.2, 0) is 0 Å². The second-order valence-corrected chi connectivity index (χ2v) is 6.94. The fourth-order valence-corrected chi connectivity index (χ4v) is 4.20. The van der Waals surface area contributed by atoms with E-state index in [1.807, 2.05) is 18.3 Å². The fourth-order valence-electron chi connectivity index (χ4n) is 3.33. The maximum Gasteiger partial charge on any atom is 0.272 e. The van der Waals surface area contributed by atoms with Gasteiger partial charge in [0.05, 0.1) is 6.04 Å². The van der Waals surface area contributed by atoms with E-state index < -0.39 is 0 Å². The molecule has 1 N–H and O–H groups in total. The van der Waals surface area contributed by atoms with E-state index in [4.69, 9.17) is 0 Å². The molecule has 1 saturated carbocycles. The minimum Gasteiger partial charge on any atom is -0.343 e. The number of amides is 1. The summed E-state index contributed by atoms with van der Waals surface area (Å²) in [5.74, 6) is 0.944. The predicted octanol–water partition coefficient (Wildman–Crippen LogP) is 3.45. The van der Waals surface area contributed by atoms with Crippen molar-refractivity contribution in [3.8, 4) is 0 Å². The van der Waals surface area contributed by atoms with E-state index in [1.54, 1.807) is 28.1 Å². The van der Waals surface area contributed by atoms with Gasteiger partial charge in [-0.3, -0.25) is 9.20 Å². The number of carbonyl (C=O) groups is 1. The second-order valence-electron chi connectivity index (χ2n) is 5.96. The molecule has 0 spiro atoms. The van der Waals surface area contributed by atoms with E-state index in [-0.39, 0.29) is 11.9 Å². The molecule has 1 aliphatic rings. The molecule has 1 fully saturated rings. The molecule has 0 saturated heterocycles. The van der Waals surface area contributed by atoms with Gasteiger partial charge in [-0.15, -0.1) is 11.3 Å². The zero-order valence-electron chi connectivity index (χ0n) is 12.7. The van der Waals surface area contributed by atoms with Gasteiger partial charge in [0.1, 0.15) is 5.69 Å². The van der Waals surface area contributed by atoms with Gasteiger partial charge in [0, 0.05) is 23.5 Å². The summed E-state index contributed by atoms with van der Waals surface area (Å²) in [5.41, 5.74) is 0.420. The molecule has 1 unspecified atom stereocenters. The van der Waals surface area contributed by atoms with Crippen LogP contribution in [-0.4, -0.2) is 20.3 Å². The second kappa shape index (κ2) is 6.12. The number of fused-ring (bicyclic) bond motifs is 1. The number of hydrogen-bond donors (Lipinski definition) is 1. The molecule has 0 bridgehead atoms. The van der Waals surface area contributed by atoms with Gasteiger partial charge in [-0.25, -0.2) is 9.97 Å². The van der Waals surface area contributed by atoms with E-state index in [0.29, 0.717) is 17.4 Å². The van der Waals surface area contributed by atoms with Gasteiger partial charge < -0.3 is 5.32 Å². The number of nitrogens with zero attached hydrogens (tertiary/aromatic N) is 3. The molecule has 1 aliphatic carbocycles. The number of aromatic nitrogens is 3. The molecular formula is C17H18N4OS. The average molecular weight is 326 g/mol. The molecule has 6 heteroatoms. The quantitative estimate of drug-likeness (QED) is 0.799. The van der Waals surface area contributed by atoms with Crippen molar-refractivity contribution < 1.29 is 4.79 Å². The molecular weight excluding hydrogens is 308 g/mol. The molecule has 118 valence electrons. The maximum absolute atomic E-state index is 12.7. The van der Waals surface area contributed by atoms with Gasteiger partial charge in [-0.1, -0.05) is 18.9 Å². The number of thiophene rings is 1. The number of imidazole rings is 1. The predicted molar refractivity (Wildman–Crippen MR) is 89.5 cm³/mol. The molecule has 0 radical (unpaired) electrons. The van der Waals surface area contributed by atoms with Crippen molar-refractivity contribution in [3.63, 3.8) is 0 Å². The Morgan fingerprint density at radius 3 is 2.96 bits per heavy atom. The molecule has 1 atom stereocenters.